The maximum Gasteiger partial charge on any atom is 0.257 e. The van der Waals surface area contributed by atoms with Gasteiger partial charge in [-0.25, -0.2) is 4.98 Å². The summed E-state index contributed by atoms with van der Waals surface area (Å²) in [6.45, 7) is 1.62. The van der Waals surface area contributed by atoms with Crippen LogP contribution in [0.25, 0.3) is 0 Å². The molecule has 0 spiro atoms. The second-order valence-corrected chi connectivity index (χ2v) is 4.11. The summed E-state index contributed by atoms with van der Waals surface area (Å²) in [5, 5.41) is 11.5. The highest BCUT2D eigenvalue weighted by molar-refractivity contribution is 6.05. The van der Waals surface area contributed by atoms with E-state index in [1.807, 2.05) is 13.0 Å². The third-order valence-electron chi connectivity index (χ3n) is 2.79. The fourth-order valence-corrected chi connectivity index (χ4v) is 1.77. The number of aromatic nitrogens is 1. The van der Waals surface area contributed by atoms with Crippen LogP contribution in [-0.4, -0.2) is 22.6 Å². The van der Waals surface area contributed by atoms with Crippen molar-refractivity contribution in [3.05, 3.63) is 59.3 Å². The lowest BCUT2D eigenvalue weighted by atomic mass is 10.0. The number of carbonyl (C=O) groups is 1. The predicted molar refractivity (Wildman–Crippen MR) is 77.3 cm³/mol. The number of nitrogens with one attached hydrogen (secondary N) is 1. The van der Waals surface area contributed by atoms with Gasteiger partial charge in [0.1, 0.15) is 12.4 Å². The van der Waals surface area contributed by atoms with E-state index in [2.05, 4.69) is 22.1 Å². The second kappa shape index (κ2) is 6.50. The molecule has 0 atom stereocenters. The van der Waals surface area contributed by atoms with Gasteiger partial charge >= 0.3 is 0 Å². The maximum atomic E-state index is 12.2. The van der Waals surface area contributed by atoms with Crippen molar-refractivity contribution in [1.82, 2.24) is 4.98 Å². The largest absolute Gasteiger partial charge is 0.384 e. The van der Waals surface area contributed by atoms with Gasteiger partial charge in [-0.2, -0.15) is 0 Å². The minimum absolute atomic E-state index is 0.205. The van der Waals surface area contributed by atoms with Gasteiger partial charge in [-0.15, -0.1) is 0 Å². The normalized spacial score (nSPS) is 9.50. The first-order valence-electron chi connectivity index (χ1n) is 6.14. The molecule has 2 aromatic rings. The average molecular weight is 266 g/mol. The van der Waals surface area contributed by atoms with E-state index in [1.165, 1.54) is 0 Å². The molecular formula is C16H14N2O2. The molecule has 1 heterocycles. The summed E-state index contributed by atoms with van der Waals surface area (Å²) >= 11 is 0. The van der Waals surface area contributed by atoms with Gasteiger partial charge in [0.15, 0.2) is 0 Å². The van der Waals surface area contributed by atoms with Crippen molar-refractivity contribution in [2.45, 2.75) is 6.92 Å². The molecule has 1 aromatic carbocycles. The molecule has 1 amide bonds. The fourth-order valence-electron chi connectivity index (χ4n) is 1.77. The minimum atomic E-state index is -0.228. The third kappa shape index (κ3) is 3.22. The van der Waals surface area contributed by atoms with E-state index in [0.29, 0.717) is 11.4 Å². The summed E-state index contributed by atoms with van der Waals surface area (Å²) in [5.74, 6) is 5.68. The quantitative estimate of drug-likeness (QED) is 0.817. The molecule has 4 nitrogen and oxygen atoms in total. The Morgan fingerprint density at radius 1 is 1.30 bits per heavy atom. The molecule has 0 fully saturated rings. The van der Waals surface area contributed by atoms with Gasteiger partial charge in [-0.1, -0.05) is 24.0 Å². The highest BCUT2D eigenvalue weighted by Gasteiger charge is 2.11. The molecule has 0 saturated carbocycles. The molecule has 0 aliphatic rings. The van der Waals surface area contributed by atoms with Crippen LogP contribution in [0, 0.1) is 18.8 Å². The number of nitrogens with zero attached hydrogens (tertiary/aromatic N) is 1. The van der Waals surface area contributed by atoms with Gasteiger partial charge < -0.3 is 10.4 Å². The number of benzene rings is 1. The zero-order valence-electron chi connectivity index (χ0n) is 11.1. The molecule has 2 rings (SSSR count). The van der Waals surface area contributed by atoms with Crippen LogP contribution < -0.4 is 5.32 Å². The van der Waals surface area contributed by atoms with E-state index in [9.17, 15) is 4.79 Å². The van der Waals surface area contributed by atoms with Crippen molar-refractivity contribution in [2.75, 3.05) is 11.9 Å². The van der Waals surface area contributed by atoms with Crippen molar-refractivity contribution < 1.29 is 9.90 Å². The highest BCUT2D eigenvalue weighted by atomic mass is 16.2. The van der Waals surface area contributed by atoms with Gasteiger partial charge in [0.25, 0.3) is 5.91 Å². The summed E-state index contributed by atoms with van der Waals surface area (Å²) in [6, 6.07) is 10.6. The first kappa shape index (κ1) is 13.8. The summed E-state index contributed by atoms with van der Waals surface area (Å²) in [6.07, 6.45) is 1.62. The number of hydrogen-bond acceptors (Lipinski definition) is 3. The lowest BCUT2D eigenvalue weighted by Gasteiger charge is -2.08. The fraction of sp³-hybridized carbons (Fsp3) is 0.125. The van der Waals surface area contributed by atoms with Crippen LogP contribution in [0.3, 0.4) is 0 Å². The highest BCUT2D eigenvalue weighted by Crippen LogP contribution is 2.14. The zero-order chi connectivity index (χ0) is 14.4. The Morgan fingerprint density at radius 2 is 2.15 bits per heavy atom. The molecule has 0 aliphatic carbocycles. The Kier molecular flexibility index (Phi) is 4.48. The van der Waals surface area contributed by atoms with Crippen LogP contribution in [0.15, 0.2) is 42.6 Å². The zero-order valence-corrected chi connectivity index (χ0v) is 11.1. The third-order valence-corrected chi connectivity index (χ3v) is 2.79. The van der Waals surface area contributed by atoms with Crippen molar-refractivity contribution >= 4 is 11.7 Å². The van der Waals surface area contributed by atoms with Crippen LogP contribution in [-0.2, 0) is 0 Å². The van der Waals surface area contributed by atoms with Crippen molar-refractivity contribution in [1.29, 1.82) is 0 Å². The van der Waals surface area contributed by atoms with E-state index in [1.54, 1.807) is 36.5 Å². The van der Waals surface area contributed by atoms with Gasteiger partial charge in [-0.05, 0) is 36.8 Å². The lowest BCUT2D eigenvalue weighted by Crippen LogP contribution is -2.14. The van der Waals surface area contributed by atoms with Crippen LogP contribution in [0.5, 0.6) is 0 Å². The van der Waals surface area contributed by atoms with Gasteiger partial charge in [-0.3, -0.25) is 4.79 Å². The number of rotatable bonds is 2. The Labute approximate surface area is 117 Å². The first-order valence-corrected chi connectivity index (χ1v) is 6.14. The molecule has 1 aromatic heterocycles. The first-order chi connectivity index (χ1) is 9.72. The van der Waals surface area contributed by atoms with Crippen LogP contribution in [0.4, 0.5) is 5.82 Å². The number of pyridine rings is 1. The Hall–Kier alpha value is -2.64. The Morgan fingerprint density at radius 3 is 2.85 bits per heavy atom. The maximum absolute atomic E-state index is 12.2. The summed E-state index contributed by atoms with van der Waals surface area (Å²) in [5.41, 5.74) is 2.05. The molecule has 100 valence electrons. The van der Waals surface area contributed by atoms with Crippen molar-refractivity contribution in [3.63, 3.8) is 0 Å². The van der Waals surface area contributed by atoms with E-state index in [-0.39, 0.29) is 12.5 Å². The number of aliphatic hydroxyl groups excluding tert-OH is 1. The Balaban J connectivity index is 2.26. The van der Waals surface area contributed by atoms with Crippen LogP contribution in [0.2, 0.25) is 0 Å². The molecule has 0 unspecified atom stereocenters. The van der Waals surface area contributed by atoms with Gasteiger partial charge in [0, 0.05) is 17.3 Å². The number of aliphatic hydroxyl groups is 1. The summed E-state index contributed by atoms with van der Waals surface area (Å²) < 4.78 is 0. The van der Waals surface area contributed by atoms with Crippen LogP contribution in [0.1, 0.15) is 21.5 Å². The number of anilines is 1. The SMILES string of the molecule is Cc1c(C#CCO)cccc1C(=O)Nc1ccccn1. The smallest absolute Gasteiger partial charge is 0.257 e. The van der Waals surface area contributed by atoms with Crippen molar-refractivity contribution in [3.8, 4) is 11.8 Å². The van der Waals surface area contributed by atoms with Crippen molar-refractivity contribution in [2.24, 2.45) is 0 Å². The molecule has 20 heavy (non-hydrogen) atoms. The molecule has 0 aliphatic heterocycles. The standard InChI is InChI=1S/C16H14N2O2/c1-12-13(7-5-11-19)6-4-8-14(12)16(20)18-15-9-2-3-10-17-15/h2-4,6,8-10,19H,11H2,1H3,(H,17,18,20). The predicted octanol–water partition coefficient (Wildman–Crippen LogP) is 1.99. The molecular weight excluding hydrogens is 252 g/mol. The molecule has 4 heteroatoms. The van der Waals surface area contributed by atoms with E-state index >= 15 is 0 Å². The minimum Gasteiger partial charge on any atom is -0.384 e. The second-order valence-electron chi connectivity index (χ2n) is 4.11. The molecule has 0 radical (unpaired) electrons. The summed E-state index contributed by atoms with van der Waals surface area (Å²) in [7, 11) is 0. The van der Waals surface area contributed by atoms with Crippen LogP contribution >= 0.6 is 0 Å². The average Bonchev–Trinajstić information content (AvgIpc) is 2.47. The Bertz CT molecular complexity index is 670. The van der Waals surface area contributed by atoms with E-state index < -0.39 is 0 Å². The molecule has 0 bridgehead atoms. The van der Waals surface area contributed by atoms with E-state index in [4.69, 9.17) is 5.11 Å². The van der Waals surface area contributed by atoms with E-state index in [0.717, 1.165) is 11.1 Å². The topological polar surface area (TPSA) is 62.2 Å². The molecule has 2 N–H and O–H groups in total. The molecule has 0 saturated heterocycles. The number of hydrogen-bond donors (Lipinski definition) is 2. The van der Waals surface area contributed by atoms with Gasteiger partial charge in [0.2, 0.25) is 0 Å². The van der Waals surface area contributed by atoms with Gasteiger partial charge in [0.05, 0.1) is 0 Å². The lowest BCUT2D eigenvalue weighted by molar-refractivity contribution is 0.102. The summed E-state index contributed by atoms with van der Waals surface area (Å²) in [4.78, 5) is 16.3. The monoisotopic (exact) mass is 266 g/mol. The number of amides is 1. The number of carbonyl (C=O) groups excluding carboxylic acids is 1.